The molecule has 9 nitrogen and oxygen atoms in total. The second-order valence-electron chi connectivity index (χ2n) is 6.38. The fourth-order valence-electron chi connectivity index (χ4n) is 2.74. The maximum atomic E-state index is 12.8. The topological polar surface area (TPSA) is 108 Å². The van der Waals surface area contributed by atoms with Gasteiger partial charge in [-0.1, -0.05) is 17.7 Å². The molecule has 0 aromatic heterocycles. The third kappa shape index (κ3) is 6.10. The number of rotatable bonds is 11. The Kier molecular flexibility index (Phi) is 9.27. The van der Waals surface area contributed by atoms with Crippen molar-refractivity contribution in [2.75, 3.05) is 32.8 Å². The predicted molar refractivity (Wildman–Crippen MR) is 121 cm³/mol. The molecule has 2 aromatic carbocycles. The second kappa shape index (κ2) is 11.9. The molecular formula is C22H26ClN3O6. The smallest absolute Gasteiger partial charge is 0.258 e. The van der Waals surface area contributed by atoms with Crippen LogP contribution in [0.4, 0.5) is 11.4 Å². The maximum Gasteiger partial charge on any atom is 0.258 e. The largest absolute Gasteiger partial charge is 0.495 e. The van der Waals surface area contributed by atoms with Crippen LogP contribution in [0.1, 0.15) is 20.8 Å². The van der Waals surface area contributed by atoms with E-state index in [1.165, 1.54) is 33.3 Å². The number of Topliss-reactive ketones (excluding diaryl/α,β-unsaturated/α-hetero) is 1. The minimum absolute atomic E-state index is 0.262. The van der Waals surface area contributed by atoms with Gasteiger partial charge in [0.2, 0.25) is 6.04 Å². The number of anilines is 1. The van der Waals surface area contributed by atoms with Crippen LogP contribution >= 0.6 is 11.6 Å². The Bertz CT molecular complexity index is 996. The molecule has 32 heavy (non-hydrogen) atoms. The van der Waals surface area contributed by atoms with Crippen molar-refractivity contribution in [1.29, 1.82) is 0 Å². The number of benzene rings is 2. The highest BCUT2D eigenvalue weighted by Crippen LogP contribution is 2.38. The standard InChI is InChI=1S/C22H26ClN3O6/c1-6-31-17-10-8-9-15(21(17)32-7-2)25-26-20(13(3)27)22(28)24-16-11-14(23)18(29-4)12-19(16)30-5/h8-12,20H,6-7H2,1-5H3,(H,24,28). The van der Waals surface area contributed by atoms with Gasteiger partial charge in [-0.25, -0.2) is 0 Å². The molecule has 0 spiro atoms. The van der Waals surface area contributed by atoms with Crippen molar-refractivity contribution in [2.24, 2.45) is 10.2 Å². The van der Waals surface area contributed by atoms with Gasteiger partial charge in [-0.15, -0.1) is 0 Å². The molecule has 0 saturated carbocycles. The van der Waals surface area contributed by atoms with Crippen molar-refractivity contribution in [3.63, 3.8) is 0 Å². The zero-order valence-electron chi connectivity index (χ0n) is 18.6. The van der Waals surface area contributed by atoms with Gasteiger partial charge in [-0.2, -0.15) is 10.2 Å². The third-order valence-electron chi connectivity index (χ3n) is 4.19. The van der Waals surface area contributed by atoms with Crippen molar-refractivity contribution in [3.8, 4) is 23.0 Å². The number of nitrogens with zero attached hydrogens (tertiary/aromatic N) is 2. The molecule has 10 heteroatoms. The minimum Gasteiger partial charge on any atom is -0.495 e. The van der Waals surface area contributed by atoms with Gasteiger partial charge in [-0.05, 0) is 39.0 Å². The molecule has 1 unspecified atom stereocenters. The fraction of sp³-hybridized carbons (Fsp3) is 0.364. The van der Waals surface area contributed by atoms with Crippen LogP contribution in [-0.2, 0) is 9.59 Å². The Morgan fingerprint density at radius 1 is 1.03 bits per heavy atom. The fourth-order valence-corrected chi connectivity index (χ4v) is 2.98. The molecule has 0 radical (unpaired) electrons. The molecule has 2 rings (SSSR count). The van der Waals surface area contributed by atoms with Crippen LogP contribution in [0.15, 0.2) is 40.6 Å². The number of amides is 1. The highest BCUT2D eigenvalue weighted by molar-refractivity contribution is 6.32. The van der Waals surface area contributed by atoms with E-state index in [-0.39, 0.29) is 10.7 Å². The molecule has 0 bridgehead atoms. The number of carbonyl (C=O) groups excluding carboxylic acids is 2. The first-order chi connectivity index (χ1) is 15.4. The number of para-hydroxylation sites is 1. The molecule has 2 aromatic rings. The Hall–Kier alpha value is -3.33. The highest BCUT2D eigenvalue weighted by atomic mass is 35.5. The van der Waals surface area contributed by atoms with E-state index in [4.69, 9.17) is 30.5 Å². The van der Waals surface area contributed by atoms with Crippen molar-refractivity contribution in [3.05, 3.63) is 35.4 Å². The van der Waals surface area contributed by atoms with E-state index in [1.807, 2.05) is 13.8 Å². The number of methoxy groups -OCH3 is 2. The van der Waals surface area contributed by atoms with Crippen LogP contribution in [0.5, 0.6) is 23.0 Å². The molecule has 0 aliphatic carbocycles. The summed E-state index contributed by atoms with van der Waals surface area (Å²) < 4.78 is 21.6. The number of halogens is 1. The molecule has 172 valence electrons. The summed E-state index contributed by atoms with van der Waals surface area (Å²) in [6.07, 6.45) is 0. The SMILES string of the molecule is CCOc1cccc(N=NC(C(C)=O)C(=O)Nc2cc(Cl)c(OC)cc2OC)c1OCC. The molecule has 1 atom stereocenters. The van der Waals surface area contributed by atoms with E-state index in [0.717, 1.165) is 0 Å². The Morgan fingerprint density at radius 2 is 1.72 bits per heavy atom. The lowest BCUT2D eigenvalue weighted by Crippen LogP contribution is -2.32. The molecule has 0 saturated heterocycles. The molecule has 0 aliphatic heterocycles. The van der Waals surface area contributed by atoms with Crippen LogP contribution < -0.4 is 24.3 Å². The molecule has 1 amide bonds. The quantitative estimate of drug-likeness (QED) is 0.377. The monoisotopic (exact) mass is 463 g/mol. The second-order valence-corrected chi connectivity index (χ2v) is 6.78. The number of hydrogen-bond donors (Lipinski definition) is 1. The first kappa shape index (κ1) is 24.9. The molecular weight excluding hydrogens is 438 g/mol. The Morgan fingerprint density at radius 3 is 2.31 bits per heavy atom. The summed E-state index contributed by atoms with van der Waals surface area (Å²) in [6, 6.07) is 6.70. The zero-order valence-corrected chi connectivity index (χ0v) is 19.4. The van der Waals surface area contributed by atoms with E-state index < -0.39 is 17.7 Å². The molecule has 0 heterocycles. The summed E-state index contributed by atoms with van der Waals surface area (Å²) in [6.45, 7) is 5.73. The number of ketones is 1. The van der Waals surface area contributed by atoms with E-state index in [1.54, 1.807) is 18.2 Å². The van der Waals surface area contributed by atoms with Gasteiger partial charge in [0.1, 0.15) is 17.2 Å². The predicted octanol–water partition coefficient (Wildman–Crippen LogP) is 4.83. The van der Waals surface area contributed by atoms with Crippen LogP contribution in [0.2, 0.25) is 5.02 Å². The Balaban J connectivity index is 2.33. The van der Waals surface area contributed by atoms with Crippen LogP contribution in [0.25, 0.3) is 0 Å². The number of hydrogen-bond acceptors (Lipinski definition) is 8. The number of nitrogens with one attached hydrogen (secondary N) is 1. The van der Waals surface area contributed by atoms with Crippen molar-refractivity contribution >= 4 is 34.7 Å². The van der Waals surface area contributed by atoms with Crippen molar-refractivity contribution < 1.29 is 28.5 Å². The van der Waals surface area contributed by atoms with Gasteiger partial charge in [0.05, 0.1) is 38.1 Å². The Labute approximate surface area is 191 Å². The van der Waals surface area contributed by atoms with Crippen LogP contribution in [-0.4, -0.2) is 45.2 Å². The number of azo groups is 1. The van der Waals surface area contributed by atoms with E-state index in [9.17, 15) is 9.59 Å². The maximum absolute atomic E-state index is 12.8. The summed E-state index contributed by atoms with van der Waals surface area (Å²) in [5, 5.41) is 10.9. The molecule has 0 aliphatic rings. The lowest BCUT2D eigenvalue weighted by molar-refractivity contribution is -0.126. The summed E-state index contributed by atoms with van der Waals surface area (Å²) in [7, 11) is 2.89. The average molecular weight is 464 g/mol. The van der Waals surface area contributed by atoms with Gasteiger partial charge in [0, 0.05) is 6.07 Å². The lowest BCUT2D eigenvalue weighted by atomic mass is 10.2. The van der Waals surface area contributed by atoms with E-state index in [0.29, 0.717) is 41.9 Å². The van der Waals surface area contributed by atoms with Crippen molar-refractivity contribution in [1.82, 2.24) is 0 Å². The van der Waals surface area contributed by atoms with E-state index >= 15 is 0 Å². The van der Waals surface area contributed by atoms with Gasteiger partial charge in [-0.3, -0.25) is 9.59 Å². The molecule has 0 fully saturated rings. The van der Waals surface area contributed by atoms with Gasteiger partial charge >= 0.3 is 0 Å². The number of ether oxygens (including phenoxy) is 4. The lowest BCUT2D eigenvalue weighted by Gasteiger charge is -2.15. The zero-order chi connectivity index (χ0) is 23.7. The van der Waals surface area contributed by atoms with E-state index in [2.05, 4.69) is 15.5 Å². The summed E-state index contributed by atoms with van der Waals surface area (Å²) in [5.41, 5.74) is 0.597. The highest BCUT2D eigenvalue weighted by Gasteiger charge is 2.25. The number of carbonyl (C=O) groups is 2. The first-order valence-electron chi connectivity index (χ1n) is 9.88. The first-order valence-corrected chi connectivity index (χ1v) is 10.3. The summed E-state index contributed by atoms with van der Waals surface area (Å²) >= 11 is 6.15. The normalized spacial score (nSPS) is 11.7. The minimum atomic E-state index is -1.40. The van der Waals surface area contributed by atoms with Crippen molar-refractivity contribution in [2.45, 2.75) is 26.8 Å². The summed E-state index contributed by atoms with van der Waals surface area (Å²) in [4.78, 5) is 25.0. The van der Waals surface area contributed by atoms with Crippen LogP contribution in [0, 0.1) is 0 Å². The van der Waals surface area contributed by atoms with Gasteiger partial charge in [0.25, 0.3) is 5.91 Å². The molecule has 1 N–H and O–H groups in total. The average Bonchev–Trinajstić information content (AvgIpc) is 2.76. The van der Waals surface area contributed by atoms with Gasteiger partial charge in [0.15, 0.2) is 17.3 Å². The van der Waals surface area contributed by atoms with Crippen LogP contribution in [0.3, 0.4) is 0 Å². The van der Waals surface area contributed by atoms with Gasteiger partial charge < -0.3 is 24.3 Å². The third-order valence-corrected chi connectivity index (χ3v) is 4.49. The summed E-state index contributed by atoms with van der Waals surface area (Å²) in [5.74, 6) is 0.367.